The zero-order valence-electron chi connectivity index (χ0n) is 9.76. The van der Waals surface area contributed by atoms with Crippen LogP contribution in [-0.4, -0.2) is 22.1 Å². The third-order valence-corrected chi connectivity index (χ3v) is 1.30. The summed E-state index contributed by atoms with van der Waals surface area (Å²) < 4.78 is 9.51. The fourth-order valence-electron chi connectivity index (χ4n) is 0.841. The van der Waals surface area contributed by atoms with Gasteiger partial charge in [-0.05, 0) is 47.7 Å². The van der Waals surface area contributed by atoms with Crippen LogP contribution in [0.15, 0.2) is 10.9 Å². The highest BCUT2D eigenvalue weighted by Crippen LogP contribution is 2.61. The highest BCUT2D eigenvalue weighted by molar-refractivity contribution is 8.24. The number of H-pyrrole nitrogens is 1. The van der Waals surface area contributed by atoms with Gasteiger partial charge < -0.3 is 15.8 Å². The molecular formula is C7H11Cl3N3O5P. The van der Waals surface area contributed by atoms with Crippen LogP contribution in [0.1, 0.15) is 5.69 Å². The first-order valence-electron chi connectivity index (χ1n) is 4.36. The van der Waals surface area contributed by atoms with Crippen LogP contribution in [0.3, 0.4) is 0 Å². The molecule has 0 saturated carbocycles. The average Bonchev–Trinajstić information content (AvgIpc) is 2.15. The maximum atomic E-state index is 10.8. The predicted octanol–water partition coefficient (Wildman–Crippen LogP) is 2.68. The lowest BCUT2D eigenvalue weighted by Crippen LogP contribution is -2.12. The van der Waals surface area contributed by atoms with Crippen molar-refractivity contribution in [2.24, 2.45) is 5.73 Å². The van der Waals surface area contributed by atoms with Crippen LogP contribution in [0.5, 0.6) is 5.75 Å². The molecule has 0 atom stereocenters. The van der Waals surface area contributed by atoms with E-state index in [1.165, 1.54) is 14.0 Å². The van der Waals surface area contributed by atoms with Crippen molar-refractivity contribution < 1.29 is 14.6 Å². The first-order chi connectivity index (χ1) is 8.52. The van der Waals surface area contributed by atoms with Gasteiger partial charge in [0.25, 0.3) is 0 Å². The molecule has 12 heteroatoms. The molecule has 4 N–H and O–H groups in total. The molecule has 0 spiro atoms. The molecule has 1 rings (SSSR count). The van der Waals surface area contributed by atoms with Gasteiger partial charge in [-0.2, -0.15) is 0 Å². The summed E-state index contributed by atoms with van der Waals surface area (Å²) in [6.07, 6.45) is 0. The summed E-state index contributed by atoms with van der Waals surface area (Å²) in [5.74, 6) is -0.610. The van der Waals surface area contributed by atoms with Gasteiger partial charge in [0.1, 0.15) is 0 Å². The Bertz CT molecular complexity index is 521. The number of nitro groups is 1. The van der Waals surface area contributed by atoms with Crippen LogP contribution < -0.4 is 11.3 Å². The average molecular weight is 355 g/mol. The molecule has 0 saturated heterocycles. The molecule has 0 aliphatic rings. The first kappa shape index (κ1) is 20.5. The number of aryl methyl sites for hydroxylation is 1. The van der Waals surface area contributed by atoms with Gasteiger partial charge in [0.05, 0.1) is 4.92 Å². The SMILES string of the molecule is CN.Cc1cc(O)c([N+](=O)[O-])c(=O)[nH]1.O=P(Cl)(Cl)Cl. The Labute approximate surface area is 122 Å². The second-order valence-electron chi connectivity index (χ2n) is 2.67. The summed E-state index contributed by atoms with van der Waals surface area (Å²) in [6.45, 7) is 1.52. The molecule has 110 valence electrons. The topological polar surface area (TPSA) is 139 Å². The normalized spacial score (nSPS) is 9.58. The van der Waals surface area contributed by atoms with Crippen LogP contribution in [0.25, 0.3) is 0 Å². The van der Waals surface area contributed by atoms with Crippen molar-refractivity contribution in [1.29, 1.82) is 0 Å². The van der Waals surface area contributed by atoms with Crippen LogP contribution >= 0.6 is 38.9 Å². The Kier molecular flexibility index (Phi) is 9.90. The second kappa shape index (κ2) is 9.17. The van der Waals surface area contributed by atoms with E-state index in [-0.39, 0.29) is 0 Å². The molecule has 1 aromatic heterocycles. The number of nitrogens with one attached hydrogen (secondary N) is 1. The van der Waals surface area contributed by atoms with Crippen LogP contribution in [-0.2, 0) is 4.57 Å². The van der Waals surface area contributed by atoms with Crippen molar-refractivity contribution >= 4 is 44.6 Å². The number of aromatic nitrogens is 1. The van der Waals surface area contributed by atoms with Gasteiger partial charge in [0, 0.05) is 11.8 Å². The molecule has 19 heavy (non-hydrogen) atoms. The van der Waals surface area contributed by atoms with Gasteiger partial charge in [0.15, 0.2) is 0 Å². The summed E-state index contributed by atoms with van der Waals surface area (Å²) in [4.78, 5) is 22.3. The highest BCUT2D eigenvalue weighted by Gasteiger charge is 2.18. The van der Waals surface area contributed by atoms with Gasteiger partial charge in [-0.15, -0.1) is 0 Å². The van der Waals surface area contributed by atoms with Crippen molar-refractivity contribution in [2.45, 2.75) is 6.92 Å². The number of halogens is 3. The van der Waals surface area contributed by atoms with E-state index < -0.39 is 27.1 Å². The third-order valence-electron chi connectivity index (χ3n) is 1.30. The van der Waals surface area contributed by atoms with Gasteiger partial charge in [-0.1, -0.05) is 0 Å². The van der Waals surface area contributed by atoms with Crippen molar-refractivity contribution in [3.63, 3.8) is 0 Å². The second-order valence-corrected chi connectivity index (χ2v) is 9.31. The molecule has 0 radical (unpaired) electrons. The number of hydrogen-bond acceptors (Lipinski definition) is 6. The lowest BCUT2D eigenvalue weighted by molar-refractivity contribution is -0.387. The zero-order valence-corrected chi connectivity index (χ0v) is 12.9. The highest BCUT2D eigenvalue weighted by atomic mass is 36.0. The monoisotopic (exact) mass is 353 g/mol. The third kappa shape index (κ3) is 10.8. The van der Waals surface area contributed by atoms with E-state index in [0.29, 0.717) is 5.69 Å². The molecule has 0 aliphatic carbocycles. The van der Waals surface area contributed by atoms with E-state index in [1.807, 2.05) is 0 Å². The van der Waals surface area contributed by atoms with Gasteiger partial charge in [-0.3, -0.25) is 19.5 Å². The number of nitrogens with zero attached hydrogens (tertiary/aromatic N) is 1. The lowest BCUT2D eigenvalue weighted by Gasteiger charge is -1.95. The molecule has 1 aromatic rings. The molecule has 0 amide bonds. The summed E-state index contributed by atoms with van der Waals surface area (Å²) in [5, 5.41) is 15.9. The Morgan fingerprint density at radius 2 is 1.79 bits per heavy atom. The maximum Gasteiger partial charge on any atom is 0.375 e. The van der Waals surface area contributed by atoms with Crippen molar-refractivity contribution in [3.05, 3.63) is 32.2 Å². The largest absolute Gasteiger partial charge is 0.502 e. The van der Waals surface area contributed by atoms with E-state index in [1.54, 1.807) is 0 Å². The van der Waals surface area contributed by atoms with Crippen molar-refractivity contribution in [1.82, 2.24) is 4.98 Å². The Balaban J connectivity index is 0. The number of aromatic hydroxyl groups is 1. The van der Waals surface area contributed by atoms with Gasteiger partial charge >= 0.3 is 16.4 Å². The Morgan fingerprint density at radius 1 is 1.42 bits per heavy atom. The predicted molar refractivity (Wildman–Crippen MR) is 75.4 cm³/mol. The molecule has 0 aromatic carbocycles. The summed E-state index contributed by atoms with van der Waals surface area (Å²) in [7, 11) is 1.50. The smallest absolute Gasteiger partial charge is 0.375 e. The summed E-state index contributed by atoms with van der Waals surface area (Å²) in [6, 6.07) is 1.12. The van der Waals surface area contributed by atoms with Crippen LogP contribution in [0.2, 0.25) is 0 Å². The number of aromatic amines is 1. The van der Waals surface area contributed by atoms with E-state index in [4.69, 9.17) is 5.11 Å². The van der Waals surface area contributed by atoms with Crippen molar-refractivity contribution in [2.75, 3.05) is 7.05 Å². The summed E-state index contributed by atoms with van der Waals surface area (Å²) in [5.41, 5.74) is 3.17. The molecule has 0 fully saturated rings. The Morgan fingerprint density at radius 3 is 2.05 bits per heavy atom. The molecule has 1 heterocycles. The molecule has 0 unspecified atom stereocenters. The maximum absolute atomic E-state index is 10.8. The molecule has 0 aliphatic heterocycles. The van der Waals surface area contributed by atoms with Crippen LogP contribution in [0, 0.1) is 17.0 Å². The molecule has 0 bridgehead atoms. The molecule has 8 nitrogen and oxygen atoms in total. The van der Waals surface area contributed by atoms with E-state index >= 15 is 0 Å². The Hall–Kier alpha value is -0.790. The minimum absolute atomic E-state index is 0.378. The summed E-state index contributed by atoms with van der Waals surface area (Å²) >= 11 is 13.8. The minimum Gasteiger partial charge on any atom is -0.502 e. The molecular weight excluding hydrogens is 343 g/mol. The van der Waals surface area contributed by atoms with Crippen LogP contribution in [0.4, 0.5) is 5.69 Å². The van der Waals surface area contributed by atoms with E-state index in [0.717, 1.165) is 6.07 Å². The van der Waals surface area contributed by atoms with E-state index in [9.17, 15) is 19.5 Å². The minimum atomic E-state index is -3.22. The lowest BCUT2D eigenvalue weighted by atomic mass is 10.3. The fraction of sp³-hybridized carbons (Fsp3) is 0.286. The number of rotatable bonds is 1. The quantitative estimate of drug-likeness (QED) is 0.402. The number of pyridine rings is 1. The standard InChI is InChI=1S/C6H6N2O4.CH5N.Cl3OP/c1-3-2-4(9)5(8(11)12)6(10)7-3;1-2;1-5(2,3)4/h2H,1H3,(H2,7,9,10);2H2,1H3;. The first-order valence-corrected chi connectivity index (χ1v) is 8.78. The number of hydrogen-bond donors (Lipinski definition) is 3. The van der Waals surface area contributed by atoms with Crippen molar-refractivity contribution in [3.8, 4) is 5.75 Å². The van der Waals surface area contributed by atoms with Gasteiger partial charge in [0.2, 0.25) is 5.75 Å². The zero-order chi connectivity index (χ0) is 15.8. The van der Waals surface area contributed by atoms with E-state index in [2.05, 4.69) is 44.4 Å². The van der Waals surface area contributed by atoms with Gasteiger partial charge in [-0.25, -0.2) is 0 Å². The number of nitrogens with two attached hydrogens (primary N) is 1. The fourth-order valence-corrected chi connectivity index (χ4v) is 0.841.